The molecule has 1 aromatic carbocycles. The van der Waals surface area contributed by atoms with E-state index in [0.717, 1.165) is 24.0 Å². The summed E-state index contributed by atoms with van der Waals surface area (Å²) in [5, 5.41) is 6.15. The van der Waals surface area contributed by atoms with Crippen molar-refractivity contribution in [3.05, 3.63) is 35.1 Å². The zero-order valence-electron chi connectivity index (χ0n) is 10.6. The number of rotatable bonds is 2. The highest BCUT2D eigenvalue weighted by Crippen LogP contribution is 2.31. The number of morpholine rings is 1. The molecule has 2 atom stereocenters. The van der Waals surface area contributed by atoms with E-state index in [-0.39, 0.29) is 23.8 Å². The Morgan fingerprint density at radius 1 is 1.47 bits per heavy atom. The molecular weight excluding hydrogens is 247 g/mol. The van der Waals surface area contributed by atoms with Crippen molar-refractivity contribution in [1.82, 2.24) is 10.6 Å². The number of halogens is 1. The Labute approximate surface area is 111 Å². The fourth-order valence-corrected chi connectivity index (χ4v) is 2.74. The summed E-state index contributed by atoms with van der Waals surface area (Å²) < 4.78 is 18.4. The first kappa shape index (κ1) is 12.6. The molecule has 2 N–H and O–H groups in total. The maximum absolute atomic E-state index is 13.1. The van der Waals surface area contributed by atoms with Crippen LogP contribution in [0.15, 0.2) is 18.2 Å². The molecule has 0 spiro atoms. The molecule has 102 valence electrons. The Bertz CT molecular complexity index is 486. The third-order valence-electron chi connectivity index (χ3n) is 3.74. The minimum Gasteiger partial charge on any atom is -0.378 e. The smallest absolute Gasteiger partial charge is 0.240 e. The molecule has 19 heavy (non-hydrogen) atoms. The zero-order chi connectivity index (χ0) is 13.2. The van der Waals surface area contributed by atoms with Crippen molar-refractivity contribution in [2.45, 2.75) is 24.9 Å². The van der Waals surface area contributed by atoms with Gasteiger partial charge < -0.3 is 15.4 Å². The molecule has 1 aliphatic carbocycles. The van der Waals surface area contributed by atoms with Crippen molar-refractivity contribution in [3.63, 3.8) is 0 Å². The van der Waals surface area contributed by atoms with Gasteiger partial charge in [-0.1, -0.05) is 6.07 Å². The lowest BCUT2D eigenvalue weighted by Gasteiger charge is -2.25. The molecule has 0 radical (unpaired) electrons. The molecule has 1 aromatic rings. The van der Waals surface area contributed by atoms with Gasteiger partial charge in [0.2, 0.25) is 5.91 Å². The van der Waals surface area contributed by atoms with Gasteiger partial charge in [0.05, 0.1) is 19.3 Å². The van der Waals surface area contributed by atoms with E-state index in [4.69, 9.17) is 4.74 Å². The summed E-state index contributed by atoms with van der Waals surface area (Å²) in [6, 6.07) is 4.49. The van der Waals surface area contributed by atoms with Gasteiger partial charge in [-0.3, -0.25) is 4.79 Å². The Morgan fingerprint density at radius 3 is 3.16 bits per heavy atom. The molecule has 0 bridgehead atoms. The molecule has 2 aliphatic rings. The first-order valence-electron chi connectivity index (χ1n) is 6.64. The van der Waals surface area contributed by atoms with Crippen LogP contribution in [0.3, 0.4) is 0 Å². The first-order valence-corrected chi connectivity index (χ1v) is 6.64. The maximum atomic E-state index is 13.1. The standard InChI is InChI=1S/C14H17FN2O2/c15-10-2-3-11-9(7-10)1-4-12(11)17-14(18)13-8-19-6-5-16-13/h2-3,7,12-13,16H,1,4-6,8H2,(H,17,18). The van der Waals surface area contributed by atoms with Gasteiger partial charge in [-0.2, -0.15) is 0 Å². The largest absolute Gasteiger partial charge is 0.378 e. The third-order valence-corrected chi connectivity index (χ3v) is 3.74. The monoisotopic (exact) mass is 264 g/mol. The van der Waals surface area contributed by atoms with E-state index in [9.17, 15) is 9.18 Å². The Morgan fingerprint density at radius 2 is 2.37 bits per heavy atom. The molecule has 1 fully saturated rings. The van der Waals surface area contributed by atoms with Crippen LogP contribution in [0.4, 0.5) is 4.39 Å². The molecule has 0 aromatic heterocycles. The molecular formula is C14H17FN2O2. The van der Waals surface area contributed by atoms with Gasteiger partial charge in [-0.05, 0) is 36.1 Å². The number of carbonyl (C=O) groups excluding carboxylic acids is 1. The first-order chi connectivity index (χ1) is 9.24. The number of benzene rings is 1. The van der Waals surface area contributed by atoms with Crippen LogP contribution in [0.1, 0.15) is 23.6 Å². The van der Waals surface area contributed by atoms with E-state index in [1.807, 2.05) is 0 Å². The highest BCUT2D eigenvalue weighted by Gasteiger charge is 2.28. The second-order valence-corrected chi connectivity index (χ2v) is 5.02. The molecule has 1 saturated heterocycles. The van der Waals surface area contributed by atoms with Crippen molar-refractivity contribution in [1.29, 1.82) is 0 Å². The Hall–Kier alpha value is -1.46. The summed E-state index contributed by atoms with van der Waals surface area (Å²) in [6.07, 6.45) is 1.64. The molecule has 1 aliphatic heterocycles. The number of ether oxygens (including phenoxy) is 1. The number of hydrogen-bond acceptors (Lipinski definition) is 3. The summed E-state index contributed by atoms with van der Waals surface area (Å²) in [7, 11) is 0. The average Bonchev–Trinajstić information content (AvgIpc) is 2.82. The van der Waals surface area contributed by atoms with E-state index < -0.39 is 0 Å². The van der Waals surface area contributed by atoms with Crippen LogP contribution in [-0.2, 0) is 16.0 Å². The van der Waals surface area contributed by atoms with E-state index >= 15 is 0 Å². The van der Waals surface area contributed by atoms with Gasteiger partial charge in [-0.25, -0.2) is 4.39 Å². The highest BCUT2D eigenvalue weighted by molar-refractivity contribution is 5.82. The number of nitrogens with one attached hydrogen (secondary N) is 2. The summed E-state index contributed by atoms with van der Waals surface area (Å²) in [4.78, 5) is 12.1. The predicted molar refractivity (Wildman–Crippen MR) is 68.2 cm³/mol. The lowest BCUT2D eigenvalue weighted by molar-refractivity contribution is -0.126. The quantitative estimate of drug-likeness (QED) is 0.835. The second kappa shape index (κ2) is 5.27. The van der Waals surface area contributed by atoms with Crippen molar-refractivity contribution in [2.24, 2.45) is 0 Å². The summed E-state index contributed by atoms with van der Waals surface area (Å²) in [5.74, 6) is -0.255. The normalized spacial score (nSPS) is 25.9. The van der Waals surface area contributed by atoms with Gasteiger partial charge in [-0.15, -0.1) is 0 Å². The fraction of sp³-hybridized carbons (Fsp3) is 0.500. The fourth-order valence-electron chi connectivity index (χ4n) is 2.74. The summed E-state index contributed by atoms with van der Waals surface area (Å²) in [5.41, 5.74) is 2.03. The second-order valence-electron chi connectivity index (χ2n) is 5.02. The lowest BCUT2D eigenvalue weighted by atomic mass is 10.1. The van der Waals surface area contributed by atoms with Crippen LogP contribution in [0.25, 0.3) is 0 Å². The molecule has 1 heterocycles. The molecule has 1 amide bonds. The van der Waals surface area contributed by atoms with Crippen LogP contribution >= 0.6 is 0 Å². The van der Waals surface area contributed by atoms with E-state index in [1.165, 1.54) is 6.07 Å². The highest BCUT2D eigenvalue weighted by atomic mass is 19.1. The van der Waals surface area contributed by atoms with Gasteiger partial charge >= 0.3 is 0 Å². The van der Waals surface area contributed by atoms with Crippen molar-refractivity contribution < 1.29 is 13.9 Å². The van der Waals surface area contributed by atoms with Gasteiger partial charge in [0.1, 0.15) is 11.9 Å². The predicted octanol–water partition coefficient (Wildman–Crippen LogP) is 0.918. The average molecular weight is 264 g/mol. The molecule has 5 heteroatoms. The lowest BCUT2D eigenvalue weighted by Crippen LogP contribution is -2.51. The molecule has 2 unspecified atom stereocenters. The number of aryl methyl sites for hydroxylation is 1. The van der Waals surface area contributed by atoms with Gasteiger partial charge in [0, 0.05) is 6.54 Å². The van der Waals surface area contributed by atoms with Crippen LogP contribution in [0.2, 0.25) is 0 Å². The van der Waals surface area contributed by atoms with Crippen LogP contribution in [-0.4, -0.2) is 31.7 Å². The van der Waals surface area contributed by atoms with E-state index in [1.54, 1.807) is 12.1 Å². The molecule has 3 rings (SSSR count). The Balaban J connectivity index is 1.67. The van der Waals surface area contributed by atoms with E-state index in [2.05, 4.69) is 10.6 Å². The van der Waals surface area contributed by atoms with Crippen molar-refractivity contribution in [3.8, 4) is 0 Å². The third kappa shape index (κ3) is 2.62. The van der Waals surface area contributed by atoms with Crippen molar-refractivity contribution >= 4 is 5.91 Å². The number of hydrogen-bond donors (Lipinski definition) is 2. The maximum Gasteiger partial charge on any atom is 0.240 e. The Kier molecular flexibility index (Phi) is 3.48. The zero-order valence-corrected chi connectivity index (χ0v) is 10.6. The van der Waals surface area contributed by atoms with Crippen LogP contribution in [0.5, 0.6) is 0 Å². The van der Waals surface area contributed by atoms with Crippen LogP contribution < -0.4 is 10.6 Å². The van der Waals surface area contributed by atoms with Gasteiger partial charge in [0.25, 0.3) is 0 Å². The minimum absolute atomic E-state index is 0.00757. The summed E-state index contributed by atoms with van der Waals surface area (Å²) >= 11 is 0. The van der Waals surface area contributed by atoms with Gasteiger partial charge in [0.15, 0.2) is 0 Å². The molecule has 4 nitrogen and oxygen atoms in total. The summed E-state index contributed by atoms with van der Waals surface area (Å²) in [6.45, 7) is 1.76. The van der Waals surface area contributed by atoms with E-state index in [0.29, 0.717) is 19.8 Å². The number of carbonyl (C=O) groups is 1. The van der Waals surface area contributed by atoms with Crippen LogP contribution in [0, 0.1) is 5.82 Å². The minimum atomic E-state index is -0.279. The number of amides is 1. The van der Waals surface area contributed by atoms with Crippen molar-refractivity contribution in [2.75, 3.05) is 19.8 Å². The molecule has 0 saturated carbocycles. The number of fused-ring (bicyclic) bond motifs is 1. The topological polar surface area (TPSA) is 50.4 Å². The SMILES string of the molecule is O=C(NC1CCc2cc(F)ccc21)C1COCCN1.